The highest BCUT2D eigenvalue weighted by Gasteiger charge is 2.24. The molecule has 96 valence electrons. The van der Waals surface area contributed by atoms with Crippen molar-refractivity contribution in [2.75, 3.05) is 17.3 Å². The molecule has 0 N–H and O–H groups in total. The van der Waals surface area contributed by atoms with E-state index in [1.807, 2.05) is 29.2 Å². The van der Waals surface area contributed by atoms with E-state index in [0.717, 1.165) is 17.9 Å². The van der Waals surface area contributed by atoms with Crippen molar-refractivity contribution in [1.29, 1.82) is 0 Å². The van der Waals surface area contributed by atoms with Gasteiger partial charge in [0.2, 0.25) is 0 Å². The van der Waals surface area contributed by atoms with Gasteiger partial charge in [-0.2, -0.15) is 5.10 Å². The smallest absolute Gasteiger partial charge is 0.154 e. The monoisotopic (exact) mass is 264 g/mol. The van der Waals surface area contributed by atoms with Gasteiger partial charge in [0, 0.05) is 30.9 Å². The van der Waals surface area contributed by atoms with Gasteiger partial charge >= 0.3 is 0 Å². The lowest BCUT2D eigenvalue weighted by atomic mass is 10.2. The van der Waals surface area contributed by atoms with E-state index in [9.17, 15) is 0 Å². The van der Waals surface area contributed by atoms with E-state index < -0.39 is 0 Å². The minimum Gasteiger partial charge on any atom is -0.351 e. The Morgan fingerprint density at radius 3 is 2.94 bits per heavy atom. The van der Waals surface area contributed by atoms with Crippen molar-refractivity contribution in [2.24, 2.45) is 0 Å². The van der Waals surface area contributed by atoms with Gasteiger partial charge in [0.25, 0.3) is 0 Å². The largest absolute Gasteiger partial charge is 0.351 e. The maximum absolute atomic E-state index is 5.96. The first-order valence-corrected chi connectivity index (χ1v) is 7.04. The van der Waals surface area contributed by atoms with Gasteiger partial charge in [-0.25, -0.2) is 9.50 Å². The van der Waals surface area contributed by atoms with Crippen LogP contribution in [-0.2, 0) is 0 Å². The first-order chi connectivity index (χ1) is 8.90. The minimum absolute atomic E-state index is 0.581. The molecule has 0 spiro atoms. The topological polar surface area (TPSA) is 33.4 Å². The Bertz CT molecular complexity index is 518. The molecule has 4 nitrogen and oxygen atoms in total. The summed E-state index contributed by atoms with van der Waals surface area (Å²) in [5.74, 6) is 1.65. The normalized spacial score (nSPS) is 16.5. The van der Waals surface area contributed by atoms with Gasteiger partial charge < -0.3 is 4.90 Å². The molecule has 18 heavy (non-hydrogen) atoms. The molecule has 0 radical (unpaired) electrons. The fourth-order valence-electron chi connectivity index (χ4n) is 2.83. The third-order valence-corrected chi connectivity index (χ3v) is 3.84. The molecule has 2 heterocycles. The van der Waals surface area contributed by atoms with Crippen LogP contribution in [0, 0.1) is 0 Å². The second kappa shape index (κ2) is 5.14. The highest BCUT2D eigenvalue weighted by Crippen LogP contribution is 2.29. The second-order valence-corrected chi connectivity index (χ2v) is 5.11. The Balaban J connectivity index is 2.00. The second-order valence-electron chi connectivity index (χ2n) is 4.73. The molecule has 2 aromatic rings. The fraction of sp³-hybridized carbons (Fsp3) is 0.538. The number of anilines is 1. The highest BCUT2D eigenvalue weighted by atomic mass is 35.5. The van der Waals surface area contributed by atoms with Gasteiger partial charge in [-0.1, -0.05) is 12.8 Å². The van der Waals surface area contributed by atoms with Crippen molar-refractivity contribution in [1.82, 2.24) is 14.6 Å². The molecule has 0 unspecified atom stereocenters. The van der Waals surface area contributed by atoms with E-state index in [1.165, 1.54) is 25.7 Å². The van der Waals surface area contributed by atoms with Crippen molar-refractivity contribution >= 4 is 22.9 Å². The van der Waals surface area contributed by atoms with Gasteiger partial charge in [-0.05, 0) is 18.9 Å². The first-order valence-electron chi connectivity index (χ1n) is 6.51. The SMILES string of the molecule is ClCCN(c1nccn2nccc12)C1CCCC1. The molecule has 0 saturated heterocycles. The summed E-state index contributed by atoms with van der Waals surface area (Å²) in [6.45, 7) is 0.851. The summed E-state index contributed by atoms with van der Waals surface area (Å²) in [6, 6.07) is 2.59. The number of hydrogen-bond acceptors (Lipinski definition) is 3. The molecule has 1 saturated carbocycles. The van der Waals surface area contributed by atoms with Crippen LogP contribution in [0.25, 0.3) is 5.52 Å². The molecule has 3 rings (SSSR count). The number of aromatic nitrogens is 3. The number of halogens is 1. The predicted octanol–water partition coefficient (Wildman–Crippen LogP) is 2.72. The van der Waals surface area contributed by atoms with Gasteiger partial charge in [-0.15, -0.1) is 11.6 Å². The summed E-state index contributed by atoms with van der Waals surface area (Å²) in [7, 11) is 0. The highest BCUT2D eigenvalue weighted by molar-refractivity contribution is 6.18. The summed E-state index contributed by atoms with van der Waals surface area (Å²) in [5, 5.41) is 4.27. The third kappa shape index (κ3) is 2.05. The summed E-state index contributed by atoms with van der Waals surface area (Å²) >= 11 is 5.96. The molecule has 1 aliphatic carbocycles. The number of rotatable bonds is 4. The van der Waals surface area contributed by atoms with Crippen molar-refractivity contribution in [3.05, 3.63) is 24.7 Å². The lowest BCUT2D eigenvalue weighted by Gasteiger charge is -2.29. The van der Waals surface area contributed by atoms with Gasteiger partial charge in [0.1, 0.15) is 5.52 Å². The molecular formula is C13H17ClN4. The van der Waals surface area contributed by atoms with E-state index in [2.05, 4.69) is 15.0 Å². The molecule has 5 heteroatoms. The van der Waals surface area contributed by atoms with Crippen LogP contribution < -0.4 is 4.90 Å². The Morgan fingerprint density at radius 1 is 1.33 bits per heavy atom. The lowest BCUT2D eigenvalue weighted by molar-refractivity contribution is 0.615. The molecule has 0 amide bonds. The van der Waals surface area contributed by atoms with Gasteiger partial charge in [0.15, 0.2) is 5.82 Å². The zero-order valence-electron chi connectivity index (χ0n) is 10.3. The fourth-order valence-corrected chi connectivity index (χ4v) is 3.02. The number of alkyl halides is 1. The van der Waals surface area contributed by atoms with Crippen LogP contribution in [0.3, 0.4) is 0 Å². The van der Waals surface area contributed by atoms with Crippen LogP contribution in [0.1, 0.15) is 25.7 Å². The van der Waals surface area contributed by atoms with Crippen LogP contribution in [-0.4, -0.2) is 33.1 Å². The minimum atomic E-state index is 0.581. The van der Waals surface area contributed by atoms with Crippen molar-refractivity contribution in [2.45, 2.75) is 31.7 Å². The van der Waals surface area contributed by atoms with Crippen molar-refractivity contribution in [3.8, 4) is 0 Å². The van der Waals surface area contributed by atoms with E-state index >= 15 is 0 Å². The molecule has 1 aliphatic rings. The van der Waals surface area contributed by atoms with E-state index in [-0.39, 0.29) is 0 Å². The standard InChI is InChI=1S/C13H17ClN4/c14-6-9-17(11-3-1-2-4-11)13-12-5-7-16-18(12)10-8-15-13/h5,7-8,10-11H,1-4,6,9H2. The van der Waals surface area contributed by atoms with Crippen molar-refractivity contribution < 1.29 is 0 Å². The molecule has 1 fully saturated rings. The number of hydrogen-bond donors (Lipinski definition) is 0. The molecule has 0 atom stereocenters. The Kier molecular flexibility index (Phi) is 3.37. The van der Waals surface area contributed by atoms with Crippen LogP contribution in [0.5, 0.6) is 0 Å². The maximum Gasteiger partial charge on any atom is 0.154 e. The van der Waals surface area contributed by atoms with Crippen LogP contribution in [0.4, 0.5) is 5.82 Å². The number of fused-ring (bicyclic) bond motifs is 1. The zero-order valence-corrected chi connectivity index (χ0v) is 11.1. The average molecular weight is 265 g/mol. The van der Waals surface area contributed by atoms with E-state index in [4.69, 9.17) is 11.6 Å². The van der Waals surface area contributed by atoms with Gasteiger partial charge in [-0.3, -0.25) is 0 Å². The van der Waals surface area contributed by atoms with Crippen LogP contribution in [0.2, 0.25) is 0 Å². The summed E-state index contributed by atoms with van der Waals surface area (Å²) < 4.78 is 1.87. The van der Waals surface area contributed by atoms with E-state index in [1.54, 1.807) is 0 Å². The first kappa shape index (κ1) is 11.8. The Labute approximate surface area is 112 Å². The zero-order chi connectivity index (χ0) is 12.4. The summed E-state index contributed by atoms with van der Waals surface area (Å²) in [6.07, 6.45) is 10.6. The molecular weight excluding hydrogens is 248 g/mol. The maximum atomic E-state index is 5.96. The quantitative estimate of drug-likeness (QED) is 0.796. The summed E-state index contributed by atoms with van der Waals surface area (Å²) in [4.78, 5) is 6.91. The summed E-state index contributed by atoms with van der Waals surface area (Å²) in [5.41, 5.74) is 1.06. The van der Waals surface area contributed by atoms with E-state index in [0.29, 0.717) is 11.9 Å². The Morgan fingerprint density at radius 2 is 2.17 bits per heavy atom. The van der Waals surface area contributed by atoms with Crippen LogP contribution in [0.15, 0.2) is 24.7 Å². The predicted molar refractivity (Wildman–Crippen MR) is 73.3 cm³/mol. The Hall–Kier alpha value is -1.29. The molecule has 0 aliphatic heterocycles. The van der Waals surface area contributed by atoms with Crippen molar-refractivity contribution in [3.63, 3.8) is 0 Å². The third-order valence-electron chi connectivity index (χ3n) is 3.67. The lowest BCUT2D eigenvalue weighted by Crippen LogP contribution is -2.35. The van der Waals surface area contributed by atoms with Crippen LogP contribution >= 0.6 is 11.6 Å². The molecule has 0 aromatic carbocycles. The average Bonchev–Trinajstić information content (AvgIpc) is 3.06. The van der Waals surface area contributed by atoms with Gasteiger partial charge in [0.05, 0.1) is 6.20 Å². The molecule has 2 aromatic heterocycles. The molecule has 0 bridgehead atoms. The number of nitrogens with zero attached hydrogens (tertiary/aromatic N) is 4.